The summed E-state index contributed by atoms with van der Waals surface area (Å²) >= 11 is 3.31. The molecule has 3 rings (SSSR count). The number of halogens is 1. The molecule has 0 spiro atoms. The maximum absolute atomic E-state index is 12.0. The number of amides is 1. The van der Waals surface area contributed by atoms with Gasteiger partial charge >= 0.3 is 0 Å². The lowest BCUT2D eigenvalue weighted by molar-refractivity contribution is -0.115. The van der Waals surface area contributed by atoms with E-state index in [1.54, 1.807) is 12.3 Å². The molecule has 102 valence electrons. The van der Waals surface area contributed by atoms with Crippen LogP contribution in [0.15, 0.2) is 41.0 Å². The SMILES string of the molecule is O=C(Cc1ccc2c(c1)CCO2)Nc1ccc(Br)cn1. The molecule has 1 aromatic carbocycles. The third kappa shape index (κ3) is 2.99. The van der Waals surface area contributed by atoms with Gasteiger partial charge in [0.25, 0.3) is 0 Å². The van der Waals surface area contributed by atoms with Crippen molar-refractivity contribution in [3.05, 3.63) is 52.1 Å². The smallest absolute Gasteiger partial charge is 0.229 e. The van der Waals surface area contributed by atoms with Crippen LogP contribution in [0, 0.1) is 0 Å². The maximum atomic E-state index is 12.0. The number of aromatic nitrogens is 1. The Kier molecular flexibility index (Phi) is 3.69. The van der Waals surface area contributed by atoms with Crippen molar-refractivity contribution in [2.75, 3.05) is 11.9 Å². The first-order chi connectivity index (χ1) is 9.70. The van der Waals surface area contributed by atoms with E-state index in [1.165, 1.54) is 5.56 Å². The van der Waals surface area contributed by atoms with Crippen LogP contribution in [0.1, 0.15) is 11.1 Å². The van der Waals surface area contributed by atoms with E-state index in [9.17, 15) is 4.79 Å². The Morgan fingerprint density at radius 2 is 2.25 bits per heavy atom. The Balaban J connectivity index is 1.65. The predicted octanol–water partition coefficient (Wildman–Crippen LogP) is 2.96. The highest BCUT2D eigenvalue weighted by Crippen LogP contribution is 2.26. The monoisotopic (exact) mass is 332 g/mol. The second-order valence-electron chi connectivity index (χ2n) is 4.63. The molecule has 1 N–H and O–H groups in total. The van der Waals surface area contributed by atoms with Crippen molar-refractivity contribution in [3.8, 4) is 5.75 Å². The molecule has 1 aliphatic heterocycles. The first-order valence-electron chi connectivity index (χ1n) is 6.37. The fourth-order valence-electron chi connectivity index (χ4n) is 2.17. The fraction of sp³-hybridized carbons (Fsp3) is 0.200. The van der Waals surface area contributed by atoms with Crippen LogP contribution in [-0.2, 0) is 17.6 Å². The van der Waals surface area contributed by atoms with Crippen molar-refractivity contribution >= 4 is 27.7 Å². The number of anilines is 1. The first kappa shape index (κ1) is 13.1. The summed E-state index contributed by atoms with van der Waals surface area (Å²) in [6.45, 7) is 0.730. The molecule has 20 heavy (non-hydrogen) atoms. The molecule has 0 aliphatic carbocycles. The van der Waals surface area contributed by atoms with E-state index < -0.39 is 0 Å². The number of pyridine rings is 1. The molecule has 1 aliphatic rings. The van der Waals surface area contributed by atoms with Crippen LogP contribution in [0.2, 0.25) is 0 Å². The second-order valence-corrected chi connectivity index (χ2v) is 5.54. The van der Waals surface area contributed by atoms with Crippen LogP contribution in [0.4, 0.5) is 5.82 Å². The summed E-state index contributed by atoms with van der Waals surface area (Å²) in [5.74, 6) is 1.42. The summed E-state index contributed by atoms with van der Waals surface area (Å²) in [7, 11) is 0. The minimum absolute atomic E-state index is 0.0707. The van der Waals surface area contributed by atoms with Gasteiger partial charge in [-0.25, -0.2) is 4.98 Å². The van der Waals surface area contributed by atoms with Crippen molar-refractivity contribution in [1.29, 1.82) is 0 Å². The van der Waals surface area contributed by atoms with E-state index in [2.05, 4.69) is 26.2 Å². The predicted molar refractivity (Wildman–Crippen MR) is 79.9 cm³/mol. The van der Waals surface area contributed by atoms with Crippen LogP contribution in [-0.4, -0.2) is 17.5 Å². The van der Waals surface area contributed by atoms with Gasteiger partial charge in [-0.1, -0.05) is 12.1 Å². The van der Waals surface area contributed by atoms with Gasteiger partial charge in [0.2, 0.25) is 5.91 Å². The van der Waals surface area contributed by atoms with E-state index in [-0.39, 0.29) is 5.91 Å². The van der Waals surface area contributed by atoms with Crippen LogP contribution in [0.3, 0.4) is 0 Å². The quantitative estimate of drug-likeness (QED) is 0.940. The molecule has 0 atom stereocenters. The summed E-state index contributed by atoms with van der Waals surface area (Å²) in [5, 5.41) is 2.78. The van der Waals surface area contributed by atoms with Gasteiger partial charge in [-0.3, -0.25) is 4.79 Å². The van der Waals surface area contributed by atoms with Crippen LogP contribution < -0.4 is 10.1 Å². The molecule has 0 unspecified atom stereocenters. The normalized spacial score (nSPS) is 12.7. The number of hydrogen-bond acceptors (Lipinski definition) is 3. The van der Waals surface area contributed by atoms with Crippen molar-refractivity contribution in [2.24, 2.45) is 0 Å². The van der Waals surface area contributed by atoms with E-state index in [0.717, 1.165) is 28.8 Å². The number of carbonyl (C=O) groups excluding carboxylic acids is 1. The van der Waals surface area contributed by atoms with Crippen LogP contribution >= 0.6 is 15.9 Å². The van der Waals surface area contributed by atoms with E-state index >= 15 is 0 Å². The minimum atomic E-state index is -0.0707. The summed E-state index contributed by atoms with van der Waals surface area (Å²) in [6, 6.07) is 9.51. The number of carbonyl (C=O) groups is 1. The number of fused-ring (bicyclic) bond motifs is 1. The Labute approximate surface area is 125 Å². The Bertz CT molecular complexity index is 641. The standard InChI is InChI=1S/C15H13BrN2O2/c16-12-2-4-14(17-9-12)18-15(19)8-10-1-3-13-11(7-10)5-6-20-13/h1-4,7,9H,5-6,8H2,(H,17,18,19). The highest BCUT2D eigenvalue weighted by molar-refractivity contribution is 9.10. The zero-order valence-corrected chi connectivity index (χ0v) is 12.3. The molecule has 0 radical (unpaired) electrons. The van der Waals surface area contributed by atoms with Crippen molar-refractivity contribution in [1.82, 2.24) is 4.98 Å². The highest BCUT2D eigenvalue weighted by atomic mass is 79.9. The van der Waals surface area contributed by atoms with E-state index in [1.807, 2.05) is 24.3 Å². The summed E-state index contributed by atoms with van der Waals surface area (Å²) in [4.78, 5) is 16.1. The van der Waals surface area contributed by atoms with Gasteiger partial charge in [0.1, 0.15) is 11.6 Å². The molecular weight excluding hydrogens is 320 g/mol. The van der Waals surface area contributed by atoms with Crippen molar-refractivity contribution in [3.63, 3.8) is 0 Å². The second kappa shape index (κ2) is 5.63. The number of nitrogens with one attached hydrogen (secondary N) is 1. The van der Waals surface area contributed by atoms with E-state index in [0.29, 0.717) is 12.2 Å². The third-order valence-corrected chi connectivity index (χ3v) is 3.58. The molecule has 2 aromatic rings. The maximum Gasteiger partial charge on any atom is 0.229 e. The molecular formula is C15H13BrN2O2. The Morgan fingerprint density at radius 3 is 3.05 bits per heavy atom. The van der Waals surface area contributed by atoms with Gasteiger partial charge in [-0.05, 0) is 45.3 Å². The van der Waals surface area contributed by atoms with Gasteiger partial charge in [-0.15, -0.1) is 0 Å². The number of rotatable bonds is 3. The van der Waals surface area contributed by atoms with E-state index in [4.69, 9.17) is 4.74 Å². The summed E-state index contributed by atoms with van der Waals surface area (Å²) in [6.07, 6.45) is 2.91. The van der Waals surface area contributed by atoms with Crippen LogP contribution in [0.25, 0.3) is 0 Å². The summed E-state index contributed by atoms with van der Waals surface area (Å²) in [5.41, 5.74) is 2.17. The molecule has 0 fully saturated rings. The zero-order valence-electron chi connectivity index (χ0n) is 10.7. The zero-order chi connectivity index (χ0) is 13.9. The molecule has 5 heteroatoms. The lowest BCUT2D eigenvalue weighted by atomic mass is 10.1. The van der Waals surface area contributed by atoms with Gasteiger partial charge < -0.3 is 10.1 Å². The molecule has 1 aromatic heterocycles. The van der Waals surface area contributed by atoms with Gasteiger partial charge in [0.05, 0.1) is 13.0 Å². The largest absolute Gasteiger partial charge is 0.493 e. The average Bonchev–Trinajstić information content (AvgIpc) is 2.89. The highest BCUT2D eigenvalue weighted by Gasteiger charge is 2.13. The third-order valence-electron chi connectivity index (χ3n) is 3.11. The van der Waals surface area contributed by atoms with Crippen molar-refractivity contribution in [2.45, 2.75) is 12.8 Å². The number of hydrogen-bond donors (Lipinski definition) is 1. The average molecular weight is 333 g/mol. The molecule has 2 heterocycles. The van der Waals surface area contributed by atoms with Gasteiger partial charge in [0, 0.05) is 17.1 Å². The molecule has 0 saturated heterocycles. The summed E-state index contributed by atoms with van der Waals surface area (Å²) < 4.78 is 6.33. The molecule has 0 saturated carbocycles. The fourth-order valence-corrected chi connectivity index (χ4v) is 2.41. The molecule has 0 bridgehead atoms. The Morgan fingerprint density at radius 1 is 1.35 bits per heavy atom. The van der Waals surface area contributed by atoms with Gasteiger partial charge in [0.15, 0.2) is 0 Å². The number of benzene rings is 1. The molecule has 4 nitrogen and oxygen atoms in total. The topological polar surface area (TPSA) is 51.2 Å². The lowest BCUT2D eigenvalue weighted by Crippen LogP contribution is -2.15. The Hall–Kier alpha value is -1.88. The number of ether oxygens (including phenoxy) is 1. The van der Waals surface area contributed by atoms with Gasteiger partial charge in [-0.2, -0.15) is 0 Å². The van der Waals surface area contributed by atoms with Crippen LogP contribution in [0.5, 0.6) is 5.75 Å². The minimum Gasteiger partial charge on any atom is -0.493 e. The first-order valence-corrected chi connectivity index (χ1v) is 7.16. The van der Waals surface area contributed by atoms with Crippen molar-refractivity contribution < 1.29 is 9.53 Å². The lowest BCUT2D eigenvalue weighted by Gasteiger charge is -2.06. The molecule has 1 amide bonds. The number of nitrogens with zero attached hydrogens (tertiary/aromatic N) is 1.